The van der Waals surface area contributed by atoms with E-state index < -0.39 is 52.6 Å². The van der Waals surface area contributed by atoms with Crippen molar-refractivity contribution in [2.45, 2.75) is 51.4 Å². The first-order valence-corrected chi connectivity index (χ1v) is 16.4. The van der Waals surface area contributed by atoms with Crippen LogP contribution in [0.15, 0.2) is 72.3 Å². The second-order valence-corrected chi connectivity index (χ2v) is 13.6. The van der Waals surface area contributed by atoms with Gasteiger partial charge in [0.15, 0.2) is 0 Å². The van der Waals surface area contributed by atoms with Gasteiger partial charge in [0.1, 0.15) is 11.6 Å². The van der Waals surface area contributed by atoms with Gasteiger partial charge in [-0.25, -0.2) is 4.39 Å². The van der Waals surface area contributed by atoms with E-state index in [1.54, 1.807) is 38.1 Å². The number of nitrogens with one attached hydrogen (secondary N) is 1. The summed E-state index contributed by atoms with van der Waals surface area (Å²) in [6.07, 6.45) is 3.16. The highest BCUT2D eigenvalue weighted by molar-refractivity contribution is 6.30. The molecule has 0 aromatic heterocycles. The van der Waals surface area contributed by atoms with Gasteiger partial charge in [0, 0.05) is 17.5 Å². The van der Waals surface area contributed by atoms with Gasteiger partial charge in [-0.3, -0.25) is 29.5 Å². The van der Waals surface area contributed by atoms with Crippen LogP contribution in [0.5, 0.6) is 5.75 Å². The number of aryl methyl sites for hydroxylation is 2. The molecule has 4 aliphatic rings. The van der Waals surface area contributed by atoms with Gasteiger partial charge in [-0.2, -0.15) is 5.01 Å². The Morgan fingerprint density at radius 1 is 0.936 bits per heavy atom. The molecular formula is C37H35ClFN3O5. The number of phenols is 1. The van der Waals surface area contributed by atoms with Crippen LogP contribution < -0.4 is 5.43 Å². The number of imide groups is 2. The summed E-state index contributed by atoms with van der Waals surface area (Å²) in [5.74, 6) is -5.01. The minimum atomic E-state index is -1.46. The Bertz CT molecular complexity index is 1840. The molecule has 8 nitrogen and oxygen atoms in total. The molecule has 242 valence electrons. The molecule has 2 N–H and O–H groups in total. The number of hydrogen-bond donors (Lipinski definition) is 2. The van der Waals surface area contributed by atoms with E-state index in [1.165, 1.54) is 29.2 Å². The Kier molecular flexibility index (Phi) is 7.50. The van der Waals surface area contributed by atoms with E-state index in [0.29, 0.717) is 46.8 Å². The van der Waals surface area contributed by atoms with E-state index >= 15 is 4.79 Å². The number of hydrogen-bond acceptors (Lipinski definition) is 6. The molecule has 0 spiro atoms. The molecule has 2 heterocycles. The minimum absolute atomic E-state index is 0.135. The zero-order valence-corrected chi connectivity index (χ0v) is 27.1. The molecule has 2 aliphatic heterocycles. The number of carbonyl (C=O) groups is 4. The van der Waals surface area contributed by atoms with Crippen molar-refractivity contribution in [1.29, 1.82) is 0 Å². The highest BCUT2D eigenvalue weighted by atomic mass is 35.5. The third kappa shape index (κ3) is 4.53. The summed E-state index contributed by atoms with van der Waals surface area (Å²) in [7, 11) is 0. The highest BCUT2D eigenvalue weighted by Gasteiger charge is 2.70. The van der Waals surface area contributed by atoms with Gasteiger partial charge in [-0.1, -0.05) is 54.4 Å². The van der Waals surface area contributed by atoms with Crippen LogP contribution in [0.25, 0.3) is 0 Å². The monoisotopic (exact) mass is 655 g/mol. The molecule has 6 atom stereocenters. The molecule has 0 bridgehead atoms. The summed E-state index contributed by atoms with van der Waals surface area (Å²) < 4.78 is 13.8. The summed E-state index contributed by atoms with van der Waals surface area (Å²) >= 11 is 6.34. The van der Waals surface area contributed by atoms with Crippen LogP contribution in [0.1, 0.15) is 54.4 Å². The molecule has 0 unspecified atom stereocenters. The quantitative estimate of drug-likeness (QED) is 0.242. The van der Waals surface area contributed by atoms with Crippen molar-refractivity contribution in [3.8, 4) is 5.75 Å². The van der Waals surface area contributed by atoms with Crippen LogP contribution in [-0.2, 0) is 24.6 Å². The van der Waals surface area contributed by atoms with E-state index in [4.69, 9.17) is 11.6 Å². The SMILES string of the molecule is CCCN1C(=O)[C@H]2[C@H](CC=C3[C@H]2C[C@H]2C(=O)N(Nc4ccc(F)cc4)C(=O)[C@@]2(c2ccc(Cl)cc2)[C@H]3c2cc(C)c(O)c(C)c2)C1=O. The van der Waals surface area contributed by atoms with Crippen molar-refractivity contribution in [2.75, 3.05) is 12.0 Å². The van der Waals surface area contributed by atoms with Gasteiger partial charge in [0.25, 0.3) is 11.8 Å². The molecule has 2 saturated heterocycles. The predicted molar refractivity (Wildman–Crippen MR) is 174 cm³/mol. The number of aromatic hydroxyl groups is 1. The fourth-order valence-electron chi connectivity index (χ4n) is 8.70. The van der Waals surface area contributed by atoms with Crippen LogP contribution in [0, 0.1) is 43.3 Å². The summed E-state index contributed by atoms with van der Waals surface area (Å²) in [4.78, 5) is 58.6. The van der Waals surface area contributed by atoms with Gasteiger partial charge < -0.3 is 5.11 Å². The summed E-state index contributed by atoms with van der Waals surface area (Å²) in [5.41, 5.74) is 5.21. The van der Waals surface area contributed by atoms with E-state index in [9.17, 15) is 23.9 Å². The number of phenolic OH excluding ortho intramolecular Hbond substituents is 1. The average molecular weight is 656 g/mol. The first-order chi connectivity index (χ1) is 22.5. The van der Waals surface area contributed by atoms with Gasteiger partial charge in [0.05, 0.1) is 28.9 Å². The smallest absolute Gasteiger partial charge is 0.260 e. The third-order valence-corrected chi connectivity index (χ3v) is 10.9. The maximum Gasteiger partial charge on any atom is 0.260 e. The topological polar surface area (TPSA) is 107 Å². The number of likely N-dealkylation sites (tertiary alicyclic amines) is 1. The third-order valence-electron chi connectivity index (χ3n) is 10.6. The Balaban J connectivity index is 1.47. The first-order valence-electron chi connectivity index (χ1n) is 16.0. The summed E-state index contributed by atoms with van der Waals surface area (Å²) in [6, 6.07) is 16.0. The predicted octanol–water partition coefficient (Wildman–Crippen LogP) is 6.20. The van der Waals surface area contributed by atoms with E-state index in [1.807, 2.05) is 25.1 Å². The van der Waals surface area contributed by atoms with Crippen LogP contribution in [0.2, 0.25) is 5.02 Å². The molecule has 3 aromatic carbocycles. The van der Waals surface area contributed by atoms with E-state index in [0.717, 1.165) is 16.1 Å². The number of rotatable bonds is 6. The number of nitrogens with zero attached hydrogens (tertiary/aromatic N) is 2. The second-order valence-electron chi connectivity index (χ2n) is 13.2. The molecule has 2 aliphatic carbocycles. The Morgan fingerprint density at radius 2 is 1.60 bits per heavy atom. The second kappa shape index (κ2) is 11.3. The molecule has 7 rings (SSSR count). The van der Waals surface area contributed by atoms with Crippen LogP contribution >= 0.6 is 11.6 Å². The number of carbonyl (C=O) groups excluding carboxylic acids is 4. The van der Waals surface area contributed by atoms with Crippen molar-refractivity contribution >= 4 is 40.9 Å². The van der Waals surface area contributed by atoms with Crippen molar-refractivity contribution < 1.29 is 28.7 Å². The molecule has 47 heavy (non-hydrogen) atoms. The normalized spacial score (nSPS) is 28.3. The van der Waals surface area contributed by atoms with Crippen molar-refractivity contribution in [2.24, 2.45) is 23.7 Å². The van der Waals surface area contributed by atoms with E-state index in [-0.39, 0.29) is 24.0 Å². The fraction of sp³-hybridized carbons (Fsp3) is 0.351. The first kappa shape index (κ1) is 31.1. The lowest BCUT2D eigenvalue weighted by molar-refractivity contribution is -0.141. The standard InChI is InChI=1S/C37H35ClFN3O5/c1-4-15-41-33(44)27-14-13-26-28(30(27)35(41)46)18-29-34(45)42(40-25-11-9-24(39)10-12-25)36(47)37(29,22-5-7-23(38)8-6-22)31(26)21-16-19(2)32(43)20(3)17-21/h5-13,16-17,27-31,40,43H,4,14-15,18H2,1-3H3/t27-,28+,29-,30-,31-,37+/m0/s1. The Labute approximate surface area is 277 Å². The maximum atomic E-state index is 15.1. The number of hydrazine groups is 1. The lowest BCUT2D eigenvalue weighted by Gasteiger charge is -2.50. The van der Waals surface area contributed by atoms with Gasteiger partial charge in [0.2, 0.25) is 11.8 Å². The fourth-order valence-corrected chi connectivity index (χ4v) is 8.82. The highest BCUT2D eigenvalue weighted by Crippen LogP contribution is 2.64. The summed E-state index contributed by atoms with van der Waals surface area (Å²) in [6.45, 7) is 5.83. The molecule has 0 radical (unpaired) electrons. The zero-order valence-electron chi connectivity index (χ0n) is 26.3. The Hall–Kier alpha value is -4.50. The number of fused-ring (bicyclic) bond motifs is 4. The molecule has 1 saturated carbocycles. The lowest BCUT2D eigenvalue weighted by Crippen LogP contribution is -2.53. The zero-order chi connectivity index (χ0) is 33.4. The summed E-state index contributed by atoms with van der Waals surface area (Å²) in [5, 5.41) is 12.3. The van der Waals surface area contributed by atoms with E-state index in [2.05, 4.69) is 5.43 Å². The average Bonchev–Trinajstić information content (AvgIpc) is 3.42. The number of amides is 4. The van der Waals surface area contributed by atoms with Gasteiger partial charge >= 0.3 is 0 Å². The number of halogens is 2. The van der Waals surface area contributed by atoms with Crippen molar-refractivity contribution in [1.82, 2.24) is 9.91 Å². The number of benzene rings is 3. The molecule has 4 amide bonds. The number of anilines is 1. The molecular weight excluding hydrogens is 621 g/mol. The number of allylic oxidation sites excluding steroid dienone is 2. The van der Waals surface area contributed by atoms with Crippen LogP contribution in [-0.4, -0.2) is 45.2 Å². The van der Waals surface area contributed by atoms with Crippen molar-refractivity contribution in [3.05, 3.63) is 105 Å². The van der Waals surface area contributed by atoms with Crippen LogP contribution in [0.4, 0.5) is 10.1 Å². The maximum absolute atomic E-state index is 15.1. The molecule has 3 fully saturated rings. The van der Waals surface area contributed by atoms with Gasteiger partial charge in [-0.15, -0.1) is 0 Å². The van der Waals surface area contributed by atoms with Crippen molar-refractivity contribution in [3.63, 3.8) is 0 Å². The largest absolute Gasteiger partial charge is 0.507 e. The van der Waals surface area contributed by atoms with Gasteiger partial charge in [-0.05, 0) is 97.7 Å². The van der Waals surface area contributed by atoms with Crippen LogP contribution in [0.3, 0.4) is 0 Å². The molecule has 10 heteroatoms. The lowest BCUT2D eigenvalue weighted by atomic mass is 9.49. The molecule has 3 aromatic rings. The Morgan fingerprint density at radius 3 is 2.23 bits per heavy atom. The minimum Gasteiger partial charge on any atom is -0.507 e.